The molecule has 2 aromatic carbocycles. The Kier molecular flexibility index (Phi) is 6.12. The van der Waals surface area contributed by atoms with Crippen molar-refractivity contribution in [3.05, 3.63) is 59.9 Å². The number of benzene rings is 2. The molecule has 31 heavy (non-hydrogen) atoms. The molecule has 3 aromatic rings. The molecule has 0 saturated heterocycles. The molecule has 0 unspecified atom stereocenters. The maximum absolute atomic E-state index is 12.5. The van der Waals surface area contributed by atoms with E-state index in [1.54, 1.807) is 12.1 Å². The second-order valence-corrected chi connectivity index (χ2v) is 9.03. The topological polar surface area (TPSA) is 126 Å². The minimum atomic E-state index is -3.64. The number of nitrogens with one attached hydrogen (secondary N) is 3. The first-order valence-electron chi connectivity index (χ1n) is 9.89. The van der Waals surface area contributed by atoms with Gasteiger partial charge in [0, 0.05) is 36.4 Å². The lowest BCUT2D eigenvalue weighted by molar-refractivity contribution is 0.102. The molecule has 1 heterocycles. The Balaban J connectivity index is 1.38. The van der Waals surface area contributed by atoms with E-state index in [9.17, 15) is 13.2 Å². The number of ether oxygens (including phenoxy) is 1. The van der Waals surface area contributed by atoms with Gasteiger partial charge in [-0.25, -0.2) is 18.1 Å². The van der Waals surface area contributed by atoms with Crippen LogP contribution in [0.3, 0.4) is 0 Å². The average molecular weight is 442 g/mol. The van der Waals surface area contributed by atoms with Crippen LogP contribution in [0.15, 0.2) is 53.4 Å². The Morgan fingerprint density at radius 3 is 2.48 bits per heavy atom. The molecule has 0 bridgehead atoms. The molecule has 162 valence electrons. The Hall–Kier alpha value is -3.08. The summed E-state index contributed by atoms with van der Waals surface area (Å²) in [5.41, 5.74) is 1.82. The Bertz CT molecular complexity index is 1150. The van der Waals surface area contributed by atoms with Crippen LogP contribution >= 0.6 is 0 Å². The molecule has 1 amide bonds. The number of nitrogens with zero attached hydrogens (tertiary/aromatic N) is 2. The molecular weight excluding hydrogens is 418 g/mol. The number of rotatable bonds is 9. The van der Waals surface area contributed by atoms with Gasteiger partial charge >= 0.3 is 0 Å². The molecule has 0 aliphatic heterocycles. The zero-order valence-electron chi connectivity index (χ0n) is 17.0. The number of aromatic nitrogens is 3. The summed E-state index contributed by atoms with van der Waals surface area (Å²) in [6.45, 7) is 0.448. The van der Waals surface area contributed by atoms with Gasteiger partial charge in [0.15, 0.2) is 5.82 Å². The van der Waals surface area contributed by atoms with Crippen molar-refractivity contribution >= 4 is 21.6 Å². The van der Waals surface area contributed by atoms with Crippen LogP contribution in [0.2, 0.25) is 0 Å². The van der Waals surface area contributed by atoms with Gasteiger partial charge in [-0.3, -0.25) is 9.89 Å². The number of hydrogen-bond acceptors (Lipinski definition) is 6. The number of anilines is 1. The van der Waals surface area contributed by atoms with E-state index in [0.717, 1.165) is 24.2 Å². The zero-order valence-corrected chi connectivity index (χ0v) is 17.8. The largest absolute Gasteiger partial charge is 0.383 e. The fraction of sp³-hybridized carbons (Fsp3) is 0.286. The fourth-order valence-corrected chi connectivity index (χ4v) is 4.01. The van der Waals surface area contributed by atoms with E-state index >= 15 is 0 Å². The van der Waals surface area contributed by atoms with Crippen LogP contribution in [-0.2, 0) is 14.8 Å². The summed E-state index contributed by atoms with van der Waals surface area (Å²) in [5.74, 6) is 1.72. The average Bonchev–Trinajstić information content (AvgIpc) is 3.51. The van der Waals surface area contributed by atoms with Crippen LogP contribution in [0.25, 0.3) is 11.4 Å². The van der Waals surface area contributed by atoms with Crippen LogP contribution in [0, 0.1) is 0 Å². The third kappa shape index (κ3) is 5.16. The van der Waals surface area contributed by atoms with Crippen molar-refractivity contribution in [2.24, 2.45) is 0 Å². The number of aromatic amines is 1. The summed E-state index contributed by atoms with van der Waals surface area (Å²) in [4.78, 5) is 17.1. The lowest BCUT2D eigenvalue weighted by atomic mass is 10.1. The Morgan fingerprint density at radius 1 is 1.13 bits per heavy atom. The maximum Gasteiger partial charge on any atom is 0.255 e. The van der Waals surface area contributed by atoms with Crippen LogP contribution < -0.4 is 10.0 Å². The fourth-order valence-electron chi connectivity index (χ4n) is 3.00. The Morgan fingerprint density at radius 2 is 1.84 bits per heavy atom. The highest BCUT2D eigenvalue weighted by molar-refractivity contribution is 7.89. The van der Waals surface area contributed by atoms with Gasteiger partial charge in [-0.2, -0.15) is 5.10 Å². The minimum absolute atomic E-state index is 0.0848. The smallest absolute Gasteiger partial charge is 0.255 e. The van der Waals surface area contributed by atoms with Crippen molar-refractivity contribution in [2.45, 2.75) is 23.7 Å². The number of carbonyl (C=O) groups excluding carboxylic acids is 1. The first-order chi connectivity index (χ1) is 15.0. The quantitative estimate of drug-likeness (QED) is 0.438. The summed E-state index contributed by atoms with van der Waals surface area (Å²) < 4.78 is 31.6. The molecule has 1 aromatic heterocycles. The van der Waals surface area contributed by atoms with Crippen LogP contribution in [0.1, 0.15) is 34.9 Å². The van der Waals surface area contributed by atoms with Crippen LogP contribution in [-0.4, -0.2) is 49.8 Å². The van der Waals surface area contributed by atoms with E-state index in [0.29, 0.717) is 23.0 Å². The molecule has 0 radical (unpaired) electrons. The molecule has 9 nitrogen and oxygen atoms in total. The number of sulfonamides is 1. The predicted molar refractivity (Wildman–Crippen MR) is 115 cm³/mol. The van der Waals surface area contributed by atoms with E-state index in [-0.39, 0.29) is 24.0 Å². The minimum Gasteiger partial charge on any atom is -0.383 e. The van der Waals surface area contributed by atoms with E-state index in [1.807, 2.05) is 12.1 Å². The van der Waals surface area contributed by atoms with Crippen molar-refractivity contribution in [2.75, 3.05) is 25.6 Å². The molecule has 0 atom stereocenters. The highest BCUT2D eigenvalue weighted by Crippen LogP contribution is 2.38. The van der Waals surface area contributed by atoms with E-state index < -0.39 is 10.0 Å². The van der Waals surface area contributed by atoms with E-state index in [2.05, 4.69) is 25.2 Å². The standard InChI is InChI=1S/C21H23N5O4S/c1-30-13-12-22-31(28,29)18-10-6-16(7-11-18)21(27)23-17-8-4-15(5-9-17)20-24-19(25-26-20)14-2-3-14/h4-11,14,22H,2-3,12-13H2,1H3,(H,23,27)(H,24,25,26). The molecule has 1 aliphatic rings. The van der Waals surface area contributed by atoms with Crippen LogP contribution in [0.5, 0.6) is 0 Å². The van der Waals surface area contributed by atoms with Crippen molar-refractivity contribution in [3.8, 4) is 11.4 Å². The van der Waals surface area contributed by atoms with Gasteiger partial charge in [0.05, 0.1) is 11.5 Å². The third-order valence-corrected chi connectivity index (χ3v) is 6.37. The summed E-state index contributed by atoms with van der Waals surface area (Å²) in [5, 5.41) is 10.0. The third-order valence-electron chi connectivity index (χ3n) is 4.89. The number of hydrogen-bond donors (Lipinski definition) is 3. The molecule has 1 aliphatic carbocycles. The van der Waals surface area contributed by atoms with Gasteiger partial charge in [0.25, 0.3) is 5.91 Å². The van der Waals surface area contributed by atoms with E-state index in [4.69, 9.17) is 4.74 Å². The SMILES string of the molecule is COCCNS(=O)(=O)c1ccc(C(=O)Nc2ccc(-c3n[nH]c(C4CC4)n3)cc2)cc1. The summed E-state index contributed by atoms with van der Waals surface area (Å²) in [6, 6.07) is 13.0. The van der Waals surface area contributed by atoms with Crippen molar-refractivity contribution < 1.29 is 17.9 Å². The molecular formula is C21H23N5O4S. The van der Waals surface area contributed by atoms with Gasteiger partial charge in [-0.05, 0) is 61.4 Å². The molecule has 1 fully saturated rings. The predicted octanol–water partition coefficient (Wildman–Crippen LogP) is 2.53. The number of amides is 1. The first-order valence-corrected chi connectivity index (χ1v) is 11.4. The van der Waals surface area contributed by atoms with Gasteiger partial charge < -0.3 is 10.1 Å². The number of H-pyrrole nitrogens is 1. The second-order valence-electron chi connectivity index (χ2n) is 7.26. The summed E-state index contributed by atoms with van der Waals surface area (Å²) >= 11 is 0. The normalized spacial score (nSPS) is 13.8. The van der Waals surface area contributed by atoms with Gasteiger partial charge in [0.1, 0.15) is 5.82 Å². The monoisotopic (exact) mass is 441 g/mol. The molecule has 10 heteroatoms. The van der Waals surface area contributed by atoms with Gasteiger partial charge in [0.2, 0.25) is 10.0 Å². The van der Waals surface area contributed by atoms with Crippen molar-refractivity contribution in [3.63, 3.8) is 0 Å². The number of methoxy groups -OCH3 is 1. The van der Waals surface area contributed by atoms with Crippen molar-refractivity contribution in [1.29, 1.82) is 0 Å². The number of carbonyl (C=O) groups is 1. The van der Waals surface area contributed by atoms with Crippen molar-refractivity contribution in [1.82, 2.24) is 19.9 Å². The summed E-state index contributed by atoms with van der Waals surface area (Å²) in [6.07, 6.45) is 2.30. The lowest BCUT2D eigenvalue weighted by Crippen LogP contribution is -2.27. The first kappa shape index (κ1) is 21.2. The van der Waals surface area contributed by atoms with Gasteiger partial charge in [-0.15, -0.1) is 0 Å². The maximum atomic E-state index is 12.5. The van der Waals surface area contributed by atoms with Crippen LogP contribution in [0.4, 0.5) is 5.69 Å². The molecule has 0 spiro atoms. The Labute approximate surface area is 180 Å². The highest BCUT2D eigenvalue weighted by Gasteiger charge is 2.27. The van der Waals surface area contributed by atoms with Gasteiger partial charge in [-0.1, -0.05) is 0 Å². The van der Waals surface area contributed by atoms with E-state index in [1.165, 1.54) is 31.4 Å². The lowest BCUT2D eigenvalue weighted by Gasteiger charge is -2.08. The highest BCUT2D eigenvalue weighted by atomic mass is 32.2. The zero-order chi connectivity index (χ0) is 21.8. The summed E-state index contributed by atoms with van der Waals surface area (Å²) in [7, 11) is -2.15. The molecule has 3 N–H and O–H groups in total. The second kappa shape index (κ2) is 8.96. The molecule has 4 rings (SSSR count). The molecule has 1 saturated carbocycles.